The Kier molecular flexibility index (Phi) is 3.82. The molecule has 1 aromatic carbocycles. The Hall–Kier alpha value is -0.673. The van der Waals surface area contributed by atoms with Crippen molar-refractivity contribution in [2.24, 2.45) is 0 Å². The van der Waals surface area contributed by atoms with Crippen molar-refractivity contribution in [2.75, 3.05) is 5.73 Å². The van der Waals surface area contributed by atoms with Crippen molar-refractivity contribution in [3.63, 3.8) is 0 Å². The minimum absolute atomic E-state index is 0. The van der Waals surface area contributed by atoms with Gasteiger partial charge in [-0.05, 0) is 18.2 Å². The van der Waals surface area contributed by atoms with Crippen molar-refractivity contribution in [2.45, 2.75) is 4.90 Å². The van der Waals surface area contributed by atoms with E-state index in [1.807, 2.05) is 0 Å². The SMILES string of the molecule is Nc1ccc(S(=O)(=O)O)cc1[O-].[Li+]. The molecular weight excluding hydrogens is 189 g/mol. The minimum atomic E-state index is -4.30. The molecule has 0 amide bonds. The summed E-state index contributed by atoms with van der Waals surface area (Å²) in [4.78, 5) is -0.443. The minimum Gasteiger partial charge on any atom is -0.871 e. The van der Waals surface area contributed by atoms with Crippen LogP contribution in [0.1, 0.15) is 0 Å². The van der Waals surface area contributed by atoms with Crippen molar-refractivity contribution in [1.82, 2.24) is 0 Å². The molecule has 66 valence electrons. The second-order valence-corrected chi connectivity index (χ2v) is 3.60. The summed E-state index contributed by atoms with van der Waals surface area (Å²) in [6.45, 7) is 0. The maximum absolute atomic E-state index is 10.8. The summed E-state index contributed by atoms with van der Waals surface area (Å²) in [7, 11) is -4.30. The Morgan fingerprint density at radius 2 is 1.92 bits per heavy atom. The van der Waals surface area contributed by atoms with Crippen LogP contribution in [-0.2, 0) is 10.1 Å². The van der Waals surface area contributed by atoms with Crippen molar-refractivity contribution < 1.29 is 36.9 Å². The largest absolute Gasteiger partial charge is 1.00 e. The fourth-order valence-corrected chi connectivity index (χ4v) is 1.17. The standard InChI is InChI=1S/C6H7NO4S.Li/c7-5-2-1-4(3-6(5)8)12(9,10)11;/h1-3,8H,7H2,(H,9,10,11);/q;+1/p-1. The van der Waals surface area contributed by atoms with Crippen molar-refractivity contribution in [3.8, 4) is 5.75 Å². The van der Waals surface area contributed by atoms with Crippen LogP contribution in [-0.4, -0.2) is 13.0 Å². The van der Waals surface area contributed by atoms with Crippen LogP contribution < -0.4 is 29.7 Å². The fourth-order valence-electron chi connectivity index (χ4n) is 0.675. The number of benzene rings is 1. The first-order chi connectivity index (χ1) is 5.41. The number of hydrogen-bond donors (Lipinski definition) is 2. The Morgan fingerprint density at radius 3 is 2.31 bits per heavy atom. The summed E-state index contributed by atoms with van der Waals surface area (Å²) >= 11 is 0. The Morgan fingerprint density at radius 1 is 1.38 bits per heavy atom. The Labute approximate surface area is 87.5 Å². The molecule has 1 aromatic rings. The monoisotopic (exact) mass is 195 g/mol. The van der Waals surface area contributed by atoms with E-state index in [4.69, 9.17) is 10.3 Å². The zero-order chi connectivity index (χ0) is 9.35. The normalized spacial score (nSPS) is 10.5. The van der Waals surface area contributed by atoms with Gasteiger partial charge in [0.25, 0.3) is 10.1 Å². The molecule has 5 nitrogen and oxygen atoms in total. The maximum atomic E-state index is 10.8. The van der Waals surface area contributed by atoms with Gasteiger partial charge in [-0.2, -0.15) is 8.42 Å². The van der Waals surface area contributed by atoms with Crippen LogP contribution in [0.25, 0.3) is 0 Å². The maximum Gasteiger partial charge on any atom is 1.00 e. The molecule has 0 saturated carbocycles. The molecule has 0 aliphatic carbocycles. The average Bonchev–Trinajstić information content (AvgIpc) is 1.92. The first-order valence-electron chi connectivity index (χ1n) is 2.95. The smallest absolute Gasteiger partial charge is 0.871 e. The van der Waals surface area contributed by atoms with E-state index in [1.165, 1.54) is 0 Å². The van der Waals surface area contributed by atoms with Crippen molar-refractivity contribution in [1.29, 1.82) is 0 Å². The van der Waals surface area contributed by atoms with Gasteiger partial charge in [-0.25, -0.2) is 0 Å². The van der Waals surface area contributed by atoms with Crippen LogP contribution in [0, 0.1) is 0 Å². The zero-order valence-electron chi connectivity index (χ0n) is 6.89. The number of nitrogens with two attached hydrogens (primary N) is 1. The van der Waals surface area contributed by atoms with E-state index in [1.54, 1.807) is 0 Å². The third-order valence-electron chi connectivity index (χ3n) is 1.28. The molecule has 3 N–H and O–H groups in total. The molecule has 13 heavy (non-hydrogen) atoms. The van der Waals surface area contributed by atoms with Gasteiger partial charge in [-0.3, -0.25) is 4.55 Å². The van der Waals surface area contributed by atoms with Gasteiger partial charge in [0.1, 0.15) is 0 Å². The molecule has 0 saturated heterocycles. The van der Waals surface area contributed by atoms with E-state index in [0.717, 1.165) is 18.2 Å². The summed E-state index contributed by atoms with van der Waals surface area (Å²) in [5.41, 5.74) is 5.09. The van der Waals surface area contributed by atoms with Crippen LogP contribution in [0.4, 0.5) is 5.69 Å². The van der Waals surface area contributed by atoms with Gasteiger partial charge in [0.05, 0.1) is 4.90 Å². The third-order valence-corrected chi connectivity index (χ3v) is 2.13. The van der Waals surface area contributed by atoms with Crippen molar-refractivity contribution in [3.05, 3.63) is 18.2 Å². The van der Waals surface area contributed by atoms with Gasteiger partial charge in [0, 0.05) is 5.69 Å². The summed E-state index contributed by atoms with van der Waals surface area (Å²) in [5.74, 6) is -0.620. The average molecular weight is 195 g/mol. The van der Waals surface area contributed by atoms with E-state index < -0.39 is 20.8 Å². The van der Waals surface area contributed by atoms with Crippen molar-refractivity contribution >= 4 is 15.8 Å². The van der Waals surface area contributed by atoms with Gasteiger partial charge in [-0.1, -0.05) is 5.75 Å². The Balaban J connectivity index is 0.00000144. The molecule has 0 aromatic heterocycles. The van der Waals surface area contributed by atoms with Gasteiger partial charge >= 0.3 is 18.9 Å². The van der Waals surface area contributed by atoms with Gasteiger partial charge in [-0.15, -0.1) is 0 Å². The molecule has 0 bridgehead atoms. The van der Waals surface area contributed by atoms with Crippen LogP contribution in [0.3, 0.4) is 0 Å². The third kappa shape index (κ3) is 2.93. The van der Waals surface area contributed by atoms with E-state index >= 15 is 0 Å². The Bertz CT molecular complexity index is 403. The number of rotatable bonds is 1. The molecule has 0 atom stereocenters. The van der Waals surface area contributed by atoms with Crippen LogP contribution >= 0.6 is 0 Å². The summed E-state index contributed by atoms with van der Waals surface area (Å²) in [6, 6.07) is 2.96. The summed E-state index contributed by atoms with van der Waals surface area (Å²) in [6.07, 6.45) is 0. The van der Waals surface area contributed by atoms with E-state index in [2.05, 4.69) is 0 Å². The summed E-state index contributed by atoms with van der Waals surface area (Å²) in [5, 5.41) is 10.8. The van der Waals surface area contributed by atoms with Gasteiger partial charge in [0.15, 0.2) is 0 Å². The van der Waals surface area contributed by atoms with Crippen LogP contribution in [0.2, 0.25) is 0 Å². The second kappa shape index (κ2) is 4.02. The van der Waals surface area contributed by atoms with E-state index in [0.29, 0.717) is 0 Å². The van der Waals surface area contributed by atoms with Gasteiger partial charge < -0.3 is 10.8 Å². The quantitative estimate of drug-likeness (QED) is 0.276. The predicted octanol–water partition coefficient (Wildman–Crippen LogP) is -3.41. The van der Waals surface area contributed by atoms with Crippen LogP contribution in [0.5, 0.6) is 5.75 Å². The predicted molar refractivity (Wildman–Crippen MR) is 40.1 cm³/mol. The summed E-state index contributed by atoms with van der Waals surface area (Å²) < 4.78 is 29.4. The fraction of sp³-hybridized carbons (Fsp3) is 0. The molecule has 0 aliphatic rings. The molecule has 0 aliphatic heterocycles. The molecule has 0 spiro atoms. The topological polar surface area (TPSA) is 103 Å². The second-order valence-electron chi connectivity index (χ2n) is 2.17. The van der Waals surface area contributed by atoms with E-state index in [9.17, 15) is 13.5 Å². The van der Waals surface area contributed by atoms with E-state index in [-0.39, 0.29) is 24.5 Å². The zero-order valence-corrected chi connectivity index (χ0v) is 7.71. The van der Waals surface area contributed by atoms with Gasteiger partial charge in [0.2, 0.25) is 0 Å². The number of hydrogen-bond acceptors (Lipinski definition) is 4. The number of nitrogen functional groups attached to an aromatic ring is 1. The first-order valence-corrected chi connectivity index (χ1v) is 4.39. The molecular formula is C6H6LiNO4S. The number of anilines is 1. The first kappa shape index (κ1) is 12.3. The molecule has 7 heteroatoms. The molecule has 1 rings (SSSR count). The molecule has 0 unspecified atom stereocenters. The molecule has 0 radical (unpaired) electrons. The molecule has 0 fully saturated rings. The molecule has 0 heterocycles. The van der Waals surface area contributed by atoms with Crippen LogP contribution in [0.15, 0.2) is 23.1 Å².